The molecule has 32 heavy (non-hydrogen) atoms. The average molecular weight is 449 g/mol. The van der Waals surface area contributed by atoms with Crippen LogP contribution in [0.1, 0.15) is 11.1 Å². The number of benzene rings is 3. The van der Waals surface area contributed by atoms with E-state index in [1.165, 1.54) is 12.0 Å². The second kappa shape index (κ2) is 9.16. The first-order valence-electron chi connectivity index (χ1n) is 9.91. The molecule has 0 atom stereocenters. The van der Waals surface area contributed by atoms with Crippen LogP contribution in [0.25, 0.3) is 5.57 Å². The van der Waals surface area contributed by atoms with Gasteiger partial charge in [0.2, 0.25) is 0 Å². The first-order chi connectivity index (χ1) is 15.5. The molecule has 0 fully saturated rings. The van der Waals surface area contributed by atoms with Crippen molar-refractivity contribution in [1.29, 1.82) is 0 Å². The van der Waals surface area contributed by atoms with E-state index in [9.17, 15) is 9.59 Å². The summed E-state index contributed by atoms with van der Waals surface area (Å²) >= 11 is 6.16. The monoisotopic (exact) mass is 448 g/mol. The molecular weight excluding hydrogens is 428 g/mol. The Balaban J connectivity index is 1.78. The van der Waals surface area contributed by atoms with Crippen LogP contribution in [0.2, 0.25) is 5.02 Å². The van der Waals surface area contributed by atoms with Gasteiger partial charge in [-0.15, -0.1) is 0 Å². The zero-order valence-corrected chi connectivity index (χ0v) is 18.3. The molecule has 0 unspecified atom stereocenters. The Labute approximate surface area is 191 Å². The molecule has 0 bridgehead atoms. The molecule has 2 amide bonds. The molecule has 1 N–H and O–H groups in total. The lowest BCUT2D eigenvalue weighted by molar-refractivity contribution is -0.137. The molecule has 162 valence electrons. The maximum absolute atomic E-state index is 13.4. The van der Waals surface area contributed by atoms with Crippen molar-refractivity contribution in [3.05, 3.63) is 94.6 Å². The van der Waals surface area contributed by atoms with E-state index in [0.29, 0.717) is 27.8 Å². The maximum atomic E-state index is 13.4. The summed E-state index contributed by atoms with van der Waals surface area (Å²) in [5.41, 5.74) is 2.38. The lowest BCUT2D eigenvalue weighted by Crippen LogP contribution is -2.32. The quantitative estimate of drug-likeness (QED) is 0.528. The first kappa shape index (κ1) is 21.5. The second-order valence-electron chi connectivity index (χ2n) is 7.13. The van der Waals surface area contributed by atoms with Crippen LogP contribution in [0.3, 0.4) is 0 Å². The number of anilines is 1. The molecule has 0 aromatic heterocycles. The molecule has 3 aromatic carbocycles. The molecule has 3 aromatic rings. The summed E-state index contributed by atoms with van der Waals surface area (Å²) in [7, 11) is 3.09. The summed E-state index contributed by atoms with van der Waals surface area (Å²) in [6, 6.07) is 21.4. The van der Waals surface area contributed by atoms with Crippen LogP contribution in [0.5, 0.6) is 11.5 Å². The van der Waals surface area contributed by atoms with Crippen LogP contribution in [0.4, 0.5) is 5.69 Å². The van der Waals surface area contributed by atoms with Crippen LogP contribution >= 0.6 is 11.6 Å². The predicted molar refractivity (Wildman–Crippen MR) is 124 cm³/mol. The highest BCUT2D eigenvalue weighted by Crippen LogP contribution is 2.35. The molecule has 0 saturated carbocycles. The molecule has 0 saturated heterocycles. The Bertz CT molecular complexity index is 1190. The largest absolute Gasteiger partial charge is 0.497 e. The highest BCUT2D eigenvalue weighted by atomic mass is 35.5. The number of methoxy groups -OCH3 is 2. The molecule has 1 aliphatic heterocycles. The number of nitrogens with zero attached hydrogens (tertiary/aromatic N) is 1. The highest BCUT2D eigenvalue weighted by Gasteiger charge is 2.39. The van der Waals surface area contributed by atoms with E-state index in [4.69, 9.17) is 21.1 Å². The Hall–Kier alpha value is -3.77. The van der Waals surface area contributed by atoms with Gasteiger partial charge in [-0.25, -0.2) is 0 Å². The summed E-state index contributed by atoms with van der Waals surface area (Å²) in [5.74, 6) is 0.343. The van der Waals surface area contributed by atoms with Crippen molar-refractivity contribution in [1.82, 2.24) is 4.90 Å². The SMILES string of the molecule is COc1ccc(C2=C(Nc3cc(Cl)ccc3OC)C(=O)N(Cc3ccccc3)C2=O)cc1. The van der Waals surface area contributed by atoms with Gasteiger partial charge in [0.1, 0.15) is 17.2 Å². The molecule has 1 aliphatic rings. The van der Waals surface area contributed by atoms with Crippen LogP contribution in [0.15, 0.2) is 78.5 Å². The molecule has 6 nitrogen and oxygen atoms in total. The molecule has 0 radical (unpaired) electrons. The third kappa shape index (κ3) is 4.18. The minimum atomic E-state index is -0.424. The van der Waals surface area contributed by atoms with Crippen molar-refractivity contribution >= 4 is 34.7 Å². The summed E-state index contributed by atoms with van der Waals surface area (Å²) in [5, 5.41) is 3.57. The Morgan fingerprint density at radius 1 is 0.875 bits per heavy atom. The topological polar surface area (TPSA) is 67.9 Å². The molecule has 4 rings (SSSR count). The van der Waals surface area contributed by atoms with Crippen LogP contribution in [-0.4, -0.2) is 30.9 Å². The van der Waals surface area contributed by atoms with Gasteiger partial charge in [0, 0.05) is 5.02 Å². The number of amides is 2. The van der Waals surface area contributed by atoms with Crippen molar-refractivity contribution in [2.75, 3.05) is 19.5 Å². The number of hydrogen-bond donors (Lipinski definition) is 1. The minimum absolute atomic E-state index is 0.163. The average Bonchev–Trinajstić information content (AvgIpc) is 3.04. The fraction of sp³-hybridized carbons (Fsp3) is 0.120. The number of nitrogens with one attached hydrogen (secondary N) is 1. The zero-order valence-electron chi connectivity index (χ0n) is 17.6. The fourth-order valence-corrected chi connectivity index (χ4v) is 3.71. The number of carbonyl (C=O) groups excluding carboxylic acids is 2. The normalized spacial score (nSPS) is 13.5. The van der Waals surface area contributed by atoms with Crippen LogP contribution < -0.4 is 14.8 Å². The van der Waals surface area contributed by atoms with E-state index in [1.807, 2.05) is 30.3 Å². The molecule has 7 heteroatoms. The van der Waals surface area contributed by atoms with E-state index in [-0.39, 0.29) is 23.7 Å². The lowest BCUT2D eigenvalue weighted by atomic mass is 10.0. The van der Waals surface area contributed by atoms with E-state index in [0.717, 1.165) is 5.56 Å². The maximum Gasteiger partial charge on any atom is 0.278 e. The number of ether oxygens (including phenoxy) is 2. The Morgan fingerprint density at radius 2 is 1.59 bits per heavy atom. The van der Waals surface area contributed by atoms with Crippen molar-refractivity contribution in [2.45, 2.75) is 6.54 Å². The predicted octanol–water partition coefficient (Wildman–Crippen LogP) is 4.75. The van der Waals surface area contributed by atoms with Crippen molar-refractivity contribution in [3.8, 4) is 11.5 Å². The molecular formula is C25H21ClN2O4. The van der Waals surface area contributed by atoms with E-state index >= 15 is 0 Å². The van der Waals surface area contributed by atoms with Crippen LogP contribution in [-0.2, 0) is 16.1 Å². The summed E-state index contributed by atoms with van der Waals surface area (Å²) in [6.07, 6.45) is 0. The lowest BCUT2D eigenvalue weighted by Gasteiger charge is -2.16. The Morgan fingerprint density at radius 3 is 2.25 bits per heavy atom. The molecule has 0 spiro atoms. The highest BCUT2D eigenvalue weighted by molar-refractivity contribution is 6.36. The van der Waals surface area contributed by atoms with Crippen molar-refractivity contribution in [2.24, 2.45) is 0 Å². The van der Waals surface area contributed by atoms with Gasteiger partial charge in [-0.3, -0.25) is 14.5 Å². The third-order valence-electron chi connectivity index (χ3n) is 5.15. The number of halogens is 1. The Kier molecular flexibility index (Phi) is 6.14. The van der Waals surface area contributed by atoms with Crippen LogP contribution in [0, 0.1) is 0 Å². The zero-order chi connectivity index (χ0) is 22.7. The first-order valence-corrected chi connectivity index (χ1v) is 10.3. The standard InChI is InChI=1S/C25H21ClN2O4/c1-31-19-11-8-17(9-12-19)22-23(27-20-14-18(26)10-13-21(20)32-2)25(30)28(24(22)29)15-16-6-4-3-5-7-16/h3-14,27H,15H2,1-2H3. The van der Waals surface area contributed by atoms with Gasteiger partial charge in [-0.1, -0.05) is 54.1 Å². The fourth-order valence-electron chi connectivity index (χ4n) is 3.54. The summed E-state index contributed by atoms with van der Waals surface area (Å²) < 4.78 is 10.6. The number of imide groups is 1. The van der Waals surface area contributed by atoms with Gasteiger partial charge in [0.15, 0.2) is 0 Å². The second-order valence-corrected chi connectivity index (χ2v) is 7.57. The summed E-state index contributed by atoms with van der Waals surface area (Å²) in [6.45, 7) is 0.163. The summed E-state index contributed by atoms with van der Waals surface area (Å²) in [4.78, 5) is 28.0. The van der Waals surface area contributed by atoms with Crippen molar-refractivity contribution < 1.29 is 19.1 Å². The number of hydrogen-bond acceptors (Lipinski definition) is 5. The number of rotatable bonds is 7. The van der Waals surface area contributed by atoms with Gasteiger partial charge >= 0.3 is 0 Å². The number of carbonyl (C=O) groups is 2. The third-order valence-corrected chi connectivity index (χ3v) is 5.39. The van der Waals surface area contributed by atoms with E-state index in [2.05, 4.69) is 5.32 Å². The van der Waals surface area contributed by atoms with E-state index < -0.39 is 5.91 Å². The molecule has 1 heterocycles. The van der Waals surface area contributed by atoms with Gasteiger partial charge in [-0.05, 0) is 41.5 Å². The van der Waals surface area contributed by atoms with Gasteiger partial charge in [0.05, 0.1) is 32.0 Å². The molecule has 0 aliphatic carbocycles. The van der Waals surface area contributed by atoms with Crippen molar-refractivity contribution in [3.63, 3.8) is 0 Å². The van der Waals surface area contributed by atoms with Gasteiger partial charge in [-0.2, -0.15) is 0 Å². The van der Waals surface area contributed by atoms with E-state index in [1.54, 1.807) is 49.6 Å². The smallest absolute Gasteiger partial charge is 0.278 e. The van der Waals surface area contributed by atoms with Gasteiger partial charge in [0.25, 0.3) is 11.8 Å². The minimum Gasteiger partial charge on any atom is -0.497 e. The van der Waals surface area contributed by atoms with Gasteiger partial charge < -0.3 is 14.8 Å².